The third-order valence-corrected chi connectivity index (χ3v) is 1.64. The van der Waals surface area contributed by atoms with Crippen LogP contribution in [0.1, 0.15) is 15.9 Å². The van der Waals surface area contributed by atoms with Gasteiger partial charge in [0.25, 0.3) is 0 Å². The van der Waals surface area contributed by atoms with Gasteiger partial charge in [-0.25, -0.2) is 23.4 Å². The molecule has 0 saturated heterocycles. The van der Waals surface area contributed by atoms with Crippen LogP contribution in [0.2, 0.25) is 0 Å². The van der Waals surface area contributed by atoms with Gasteiger partial charge in [0.2, 0.25) is 6.08 Å². The van der Waals surface area contributed by atoms with E-state index in [2.05, 4.69) is 4.99 Å². The molecule has 1 aromatic carbocycles. The van der Waals surface area contributed by atoms with Gasteiger partial charge in [0.15, 0.2) is 11.6 Å². The summed E-state index contributed by atoms with van der Waals surface area (Å²) in [5.41, 5.74) is -0.694. The summed E-state index contributed by atoms with van der Waals surface area (Å²) in [5, 5.41) is 8.53. The summed E-state index contributed by atoms with van der Waals surface area (Å²) in [6.45, 7) is -0.235. The van der Waals surface area contributed by atoms with Crippen LogP contribution in [-0.2, 0) is 11.3 Å². The molecule has 0 unspecified atom stereocenters. The number of isocyanates is 1. The summed E-state index contributed by atoms with van der Waals surface area (Å²) in [6, 6.07) is 1.70. The van der Waals surface area contributed by atoms with E-state index >= 15 is 0 Å². The largest absolute Gasteiger partial charge is 0.478 e. The quantitative estimate of drug-likeness (QED) is 0.611. The fourth-order valence-corrected chi connectivity index (χ4v) is 1.02. The summed E-state index contributed by atoms with van der Waals surface area (Å²) in [4.78, 5) is 23.4. The summed E-state index contributed by atoms with van der Waals surface area (Å²) >= 11 is 0. The maximum absolute atomic E-state index is 12.9. The number of rotatable bonds is 3. The Morgan fingerprint density at radius 3 is 2.67 bits per heavy atom. The van der Waals surface area contributed by atoms with Crippen LogP contribution in [0.15, 0.2) is 17.1 Å². The van der Waals surface area contributed by atoms with E-state index < -0.39 is 23.2 Å². The fourth-order valence-electron chi connectivity index (χ4n) is 1.02. The monoisotopic (exact) mass is 213 g/mol. The van der Waals surface area contributed by atoms with Gasteiger partial charge in [0.05, 0.1) is 12.1 Å². The van der Waals surface area contributed by atoms with Gasteiger partial charge in [-0.3, -0.25) is 0 Å². The van der Waals surface area contributed by atoms with E-state index in [0.29, 0.717) is 0 Å². The number of carboxylic acid groups (broad SMARTS) is 1. The molecule has 0 radical (unpaired) electrons. The number of benzene rings is 1. The van der Waals surface area contributed by atoms with Gasteiger partial charge in [0.1, 0.15) is 0 Å². The molecule has 0 atom stereocenters. The molecular formula is C9H5F2NO3. The minimum Gasteiger partial charge on any atom is -0.478 e. The topological polar surface area (TPSA) is 66.7 Å². The molecule has 0 bridgehead atoms. The average Bonchev–Trinajstić information content (AvgIpc) is 2.19. The Morgan fingerprint density at radius 1 is 1.47 bits per heavy atom. The molecule has 0 saturated carbocycles. The Bertz CT molecular complexity index is 453. The fraction of sp³-hybridized carbons (Fsp3) is 0.111. The van der Waals surface area contributed by atoms with Crippen molar-refractivity contribution in [1.29, 1.82) is 0 Å². The van der Waals surface area contributed by atoms with Crippen molar-refractivity contribution in [1.82, 2.24) is 0 Å². The second-order valence-electron chi connectivity index (χ2n) is 2.65. The standard InChI is InChI=1S/C9H5F2NO3/c10-7-2-5(3-12-4-13)1-6(8(7)11)9(14)15/h1-2H,3H2,(H,14,15). The normalized spacial score (nSPS) is 9.47. The maximum atomic E-state index is 12.9. The first-order chi connectivity index (χ1) is 7.06. The molecule has 0 spiro atoms. The van der Waals surface area contributed by atoms with Gasteiger partial charge in [-0.05, 0) is 17.7 Å². The molecule has 1 N–H and O–H groups in total. The van der Waals surface area contributed by atoms with E-state index in [1.54, 1.807) is 0 Å². The van der Waals surface area contributed by atoms with Crippen molar-refractivity contribution < 1.29 is 23.5 Å². The van der Waals surface area contributed by atoms with E-state index in [1.807, 2.05) is 0 Å². The molecule has 4 nitrogen and oxygen atoms in total. The number of carbonyl (C=O) groups excluding carboxylic acids is 1. The van der Waals surface area contributed by atoms with Crippen LogP contribution in [0.5, 0.6) is 0 Å². The Labute approximate surface area is 82.9 Å². The molecule has 0 aliphatic rings. The lowest BCUT2D eigenvalue weighted by Gasteiger charge is -2.01. The third kappa shape index (κ3) is 2.45. The second kappa shape index (κ2) is 4.43. The maximum Gasteiger partial charge on any atom is 0.338 e. The van der Waals surface area contributed by atoms with Gasteiger partial charge in [0, 0.05) is 0 Å². The van der Waals surface area contributed by atoms with Gasteiger partial charge < -0.3 is 5.11 Å². The van der Waals surface area contributed by atoms with Crippen LogP contribution in [0.4, 0.5) is 8.78 Å². The van der Waals surface area contributed by atoms with E-state index in [1.165, 1.54) is 6.08 Å². The van der Waals surface area contributed by atoms with Crippen molar-refractivity contribution in [3.8, 4) is 0 Å². The number of halogens is 2. The van der Waals surface area contributed by atoms with Crippen molar-refractivity contribution in [2.75, 3.05) is 0 Å². The number of carboxylic acids is 1. The van der Waals surface area contributed by atoms with Crippen LogP contribution in [0, 0.1) is 11.6 Å². The molecular weight excluding hydrogens is 208 g/mol. The minimum absolute atomic E-state index is 0.0923. The molecule has 0 aliphatic heterocycles. The molecule has 1 aromatic rings. The van der Waals surface area contributed by atoms with Crippen molar-refractivity contribution in [2.45, 2.75) is 6.54 Å². The van der Waals surface area contributed by atoms with E-state index in [4.69, 9.17) is 5.11 Å². The Kier molecular flexibility index (Phi) is 3.25. The highest BCUT2D eigenvalue weighted by molar-refractivity contribution is 5.88. The zero-order valence-corrected chi connectivity index (χ0v) is 7.33. The highest BCUT2D eigenvalue weighted by atomic mass is 19.2. The van der Waals surface area contributed by atoms with Crippen molar-refractivity contribution in [2.24, 2.45) is 4.99 Å². The number of carbonyl (C=O) groups is 1. The predicted molar refractivity (Wildman–Crippen MR) is 45.1 cm³/mol. The summed E-state index contributed by atoms with van der Waals surface area (Å²) in [6.07, 6.45) is 1.21. The average molecular weight is 213 g/mol. The number of hydrogen-bond acceptors (Lipinski definition) is 3. The molecule has 0 fully saturated rings. The zero-order chi connectivity index (χ0) is 11.4. The number of aromatic carboxylic acids is 1. The number of hydrogen-bond donors (Lipinski definition) is 1. The SMILES string of the molecule is O=C=NCc1cc(F)c(F)c(C(=O)O)c1. The summed E-state index contributed by atoms with van der Waals surface area (Å²) in [7, 11) is 0. The third-order valence-electron chi connectivity index (χ3n) is 1.64. The molecule has 0 aliphatic carbocycles. The molecule has 0 amide bonds. The van der Waals surface area contributed by atoms with Crippen LogP contribution in [0.3, 0.4) is 0 Å². The molecule has 15 heavy (non-hydrogen) atoms. The molecule has 78 valence electrons. The van der Waals surface area contributed by atoms with E-state index in [0.717, 1.165) is 12.1 Å². The number of nitrogens with zero attached hydrogens (tertiary/aromatic N) is 1. The Balaban J connectivity index is 3.22. The molecule has 1 rings (SSSR count). The first-order valence-corrected chi connectivity index (χ1v) is 3.81. The summed E-state index contributed by atoms with van der Waals surface area (Å²) in [5.74, 6) is -4.30. The van der Waals surface area contributed by atoms with Crippen LogP contribution >= 0.6 is 0 Å². The minimum atomic E-state index is -1.58. The predicted octanol–water partition coefficient (Wildman–Crippen LogP) is 1.50. The Morgan fingerprint density at radius 2 is 2.13 bits per heavy atom. The molecule has 0 heterocycles. The first kappa shape index (κ1) is 11.0. The highest BCUT2D eigenvalue weighted by Gasteiger charge is 2.15. The Hall–Kier alpha value is -2.07. The lowest BCUT2D eigenvalue weighted by atomic mass is 10.1. The lowest BCUT2D eigenvalue weighted by molar-refractivity contribution is 0.0690. The first-order valence-electron chi connectivity index (χ1n) is 3.81. The van der Waals surface area contributed by atoms with Gasteiger partial charge in [-0.1, -0.05) is 0 Å². The van der Waals surface area contributed by atoms with Crippen LogP contribution < -0.4 is 0 Å². The zero-order valence-electron chi connectivity index (χ0n) is 7.33. The molecule has 6 heteroatoms. The van der Waals surface area contributed by atoms with E-state index in [-0.39, 0.29) is 12.1 Å². The van der Waals surface area contributed by atoms with Crippen LogP contribution in [0.25, 0.3) is 0 Å². The van der Waals surface area contributed by atoms with Crippen molar-refractivity contribution in [3.05, 3.63) is 34.9 Å². The van der Waals surface area contributed by atoms with Crippen molar-refractivity contribution in [3.63, 3.8) is 0 Å². The second-order valence-corrected chi connectivity index (χ2v) is 2.65. The number of aliphatic imine (C=N–C) groups is 1. The van der Waals surface area contributed by atoms with Crippen LogP contribution in [-0.4, -0.2) is 17.2 Å². The molecule has 0 aromatic heterocycles. The lowest BCUT2D eigenvalue weighted by Crippen LogP contribution is -2.04. The smallest absolute Gasteiger partial charge is 0.338 e. The van der Waals surface area contributed by atoms with Gasteiger partial charge in [-0.15, -0.1) is 0 Å². The van der Waals surface area contributed by atoms with Gasteiger partial charge >= 0.3 is 5.97 Å². The summed E-state index contributed by atoms with van der Waals surface area (Å²) < 4.78 is 25.7. The van der Waals surface area contributed by atoms with E-state index in [9.17, 15) is 18.4 Å². The van der Waals surface area contributed by atoms with Crippen molar-refractivity contribution >= 4 is 12.0 Å². The van der Waals surface area contributed by atoms with Gasteiger partial charge in [-0.2, -0.15) is 0 Å². The highest BCUT2D eigenvalue weighted by Crippen LogP contribution is 2.15.